The molecule has 3 rings (SSSR count). The minimum Gasteiger partial charge on any atom is -0.309 e. The van der Waals surface area contributed by atoms with Crippen LogP contribution in [0.25, 0.3) is 11.1 Å². The molecule has 27 heavy (non-hydrogen) atoms. The molecule has 1 aliphatic rings. The highest BCUT2D eigenvalue weighted by atomic mass is 14.3. The Morgan fingerprint density at radius 2 is 1.63 bits per heavy atom. The lowest BCUT2D eigenvalue weighted by atomic mass is 9.71. The van der Waals surface area contributed by atoms with Crippen molar-refractivity contribution in [2.75, 3.05) is 0 Å². The second-order valence-corrected chi connectivity index (χ2v) is 8.33. The predicted molar refractivity (Wildman–Crippen MR) is 118 cm³/mol. The van der Waals surface area contributed by atoms with Crippen molar-refractivity contribution < 1.29 is 1.37 Å². The summed E-state index contributed by atoms with van der Waals surface area (Å²) < 4.78 is 8.96. The molecule has 1 N–H and O–H groups in total. The first-order chi connectivity index (χ1) is 13.3. The summed E-state index contributed by atoms with van der Waals surface area (Å²) in [5.74, 6) is -0.463. The highest BCUT2D eigenvalue weighted by molar-refractivity contribution is 5.91. The van der Waals surface area contributed by atoms with Crippen molar-refractivity contribution in [2.24, 2.45) is 5.41 Å². The van der Waals surface area contributed by atoms with E-state index in [1.165, 1.54) is 17.4 Å². The van der Waals surface area contributed by atoms with Gasteiger partial charge in [-0.25, -0.2) is 0 Å². The number of hydrogen-bond donors (Lipinski definition) is 1. The van der Waals surface area contributed by atoms with Crippen LogP contribution >= 0.6 is 0 Å². The van der Waals surface area contributed by atoms with Crippen LogP contribution in [0.1, 0.15) is 70.4 Å². The van der Waals surface area contributed by atoms with Crippen molar-refractivity contribution in [1.82, 2.24) is 0 Å². The summed E-state index contributed by atoms with van der Waals surface area (Å²) in [7, 11) is 0. The van der Waals surface area contributed by atoms with Crippen molar-refractivity contribution in [3.63, 3.8) is 0 Å². The van der Waals surface area contributed by atoms with Crippen LogP contribution in [0.4, 0.5) is 0 Å². The zero-order chi connectivity index (χ0) is 20.2. The molecule has 0 saturated heterocycles. The van der Waals surface area contributed by atoms with Gasteiger partial charge < -0.3 is 5.41 Å². The molecule has 1 heteroatoms. The summed E-state index contributed by atoms with van der Waals surface area (Å²) in [5.41, 5.74) is 5.94. The van der Waals surface area contributed by atoms with Gasteiger partial charge in [-0.05, 0) is 77.8 Å². The van der Waals surface area contributed by atoms with Gasteiger partial charge in [0.1, 0.15) is 0 Å². The molecule has 0 unspecified atom stereocenters. The fraction of sp³-hybridized carbons (Fsp3) is 0.346. The van der Waals surface area contributed by atoms with Gasteiger partial charge in [-0.2, -0.15) is 0 Å². The summed E-state index contributed by atoms with van der Waals surface area (Å²) in [6, 6.07) is 18.8. The maximum absolute atomic E-state index is 8.96. The van der Waals surface area contributed by atoms with Gasteiger partial charge in [-0.1, -0.05) is 74.5 Å². The number of benzene rings is 2. The second-order valence-electron chi connectivity index (χ2n) is 8.33. The molecular formula is C26H31N. The summed E-state index contributed by atoms with van der Waals surface area (Å²) in [6.45, 7) is 6.72. The van der Waals surface area contributed by atoms with Gasteiger partial charge >= 0.3 is 0 Å². The quantitative estimate of drug-likeness (QED) is 0.422. The number of hydrogen-bond acceptors (Lipinski definition) is 1. The number of nitrogens with one attached hydrogen (secondary N) is 1. The largest absolute Gasteiger partial charge is 0.309 e. The van der Waals surface area contributed by atoms with Gasteiger partial charge in [0.25, 0.3) is 0 Å². The van der Waals surface area contributed by atoms with Crippen molar-refractivity contribution in [1.29, 1.82) is 5.41 Å². The van der Waals surface area contributed by atoms with E-state index in [1.807, 2.05) is 24.3 Å². The zero-order valence-corrected chi connectivity index (χ0v) is 16.8. The Bertz CT molecular complexity index is 862. The Morgan fingerprint density at radius 1 is 1.00 bits per heavy atom. The molecule has 0 amide bonds. The van der Waals surface area contributed by atoms with Gasteiger partial charge in [0.05, 0.1) is 0 Å². The summed E-state index contributed by atoms with van der Waals surface area (Å²) in [5, 5.41) is 7.54. The molecule has 0 bridgehead atoms. The van der Waals surface area contributed by atoms with E-state index in [0.717, 1.165) is 42.4 Å². The first kappa shape index (κ1) is 18.0. The van der Waals surface area contributed by atoms with Crippen LogP contribution in [0.3, 0.4) is 0 Å². The molecule has 1 nitrogen and oxygen atoms in total. The molecule has 140 valence electrons. The van der Waals surface area contributed by atoms with Gasteiger partial charge in [0.15, 0.2) is 0 Å². The van der Waals surface area contributed by atoms with Crippen LogP contribution in [-0.4, -0.2) is 6.21 Å². The maximum Gasteiger partial charge on any atom is 0.0352 e. The first-order valence-corrected chi connectivity index (χ1v) is 9.88. The van der Waals surface area contributed by atoms with Crippen LogP contribution in [0.15, 0.2) is 66.7 Å². The van der Waals surface area contributed by atoms with Crippen LogP contribution in [0, 0.1) is 10.8 Å². The lowest BCUT2D eigenvalue weighted by molar-refractivity contribution is 0.224. The molecule has 0 spiro atoms. The van der Waals surface area contributed by atoms with Gasteiger partial charge in [0.2, 0.25) is 0 Å². The molecule has 1 fully saturated rings. The van der Waals surface area contributed by atoms with E-state index in [-0.39, 0.29) is 0 Å². The van der Waals surface area contributed by atoms with Crippen molar-refractivity contribution >= 4 is 17.4 Å². The topological polar surface area (TPSA) is 23.9 Å². The number of rotatable bonds is 5. The Kier molecular flexibility index (Phi) is 5.67. The third-order valence-electron chi connectivity index (χ3n) is 5.70. The minimum absolute atomic E-state index is 0.365. The van der Waals surface area contributed by atoms with E-state index in [9.17, 15) is 0 Å². The van der Waals surface area contributed by atoms with E-state index in [4.69, 9.17) is 6.78 Å². The Hall–Kier alpha value is -2.41. The third kappa shape index (κ3) is 5.07. The highest BCUT2D eigenvalue weighted by Crippen LogP contribution is 2.42. The monoisotopic (exact) mass is 358 g/mol. The van der Waals surface area contributed by atoms with Gasteiger partial charge in [0, 0.05) is 7.59 Å². The molecule has 0 aliphatic heterocycles. The van der Waals surface area contributed by atoms with Crippen molar-refractivity contribution in [3.8, 4) is 0 Å². The van der Waals surface area contributed by atoms with Crippen molar-refractivity contribution in [2.45, 2.75) is 52.3 Å². The molecule has 0 atom stereocenters. The van der Waals surface area contributed by atoms with Crippen LogP contribution in [0.2, 0.25) is 0 Å². The molecule has 2 aromatic rings. The molecular weight excluding hydrogens is 326 g/mol. The Balaban J connectivity index is 1.84. The second kappa shape index (κ2) is 8.52. The van der Waals surface area contributed by atoms with E-state index < -0.39 is 5.89 Å². The maximum atomic E-state index is 8.96. The lowest BCUT2D eigenvalue weighted by Crippen LogP contribution is -2.20. The Labute approximate surface area is 165 Å². The Morgan fingerprint density at radius 3 is 2.22 bits per heavy atom. The summed E-state index contributed by atoms with van der Waals surface area (Å²) in [4.78, 5) is 0. The molecule has 0 heterocycles. The third-order valence-corrected chi connectivity index (χ3v) is 5.70. The van der Waals surface area contributed by atoms with E-state index in [0.29, 0.717) is 5.41 Å². The van der Waals surface area contributed by atoms with Crippen molar-refractivity contribution in [3.05, 3.63) is 83.4 Å². The zero-order valence-electron chi connectivity index (χ0n) is 17.8. The van der Waals surface area contributed by atoms with Crippen LogP contribution in [0.5, 0.6) is 0 Å². The average Bonchev–Trinajstić information content (AvgIpc) is 2.71. The van der Waals surface area contributed by atoms with Crippen LogP contribution in [-0.2, 0) is 0 Å². The van der Waals surface area contributed by atoms with E-state index >= 15 is 0 Å². The molecule has 1 aliphatic carbocycles. The summed E-state index contributed by atoms with van der Waals surface area (Å²) >= 11 is 0. The summed E-state index contributed by atoms with van der Waals surface area (Å²) in [6.07, 6.45) is 9.38. The first-order valence-electron chi connectivity index (χ1n) is 10.4. The normalized spacial score (nSPS) is 20.0. The molecule has 0 aromatic heterocycles. The molecule has 1 saturated carbocycles. The van der Waals surface area contributed by atoms with E-state index in [1.54, 1.807) is 0 Å². The average molecular weight is 359 g/mol. The fourth-order valence-electron chi connectivity index (χ4n) is 3.75. The molecule has 2 aromatic carbocycles. The van der Waals surface area contributed by atoms with Gasteiger partial charge in [-0.15, -0.1) is 0 Å². The number of allylic oxidation sites excluding steroid dienone is 4. The molecule has 0 radical (unpaired) electrons. The predicted octanol–water partition coefficient (Wildman–Crippen LogP) is 7.51. The fourth-order valence-corrected chi connectivity index (χ4v) is 3.75. The standard InChI is InChI=1S/C26H31N/c1-20(21-7-5-4-6-8-21)19-25(15-18-27)23-11-9-22(10-12-23)24-13-16-26(2,3)17-14-24/h4-12,15,18-19,24,27H,13-14,16-17H2,1-3H3/b20-19+,25-15+,27-18?/i24D. The van der Waals surface area contributed by atoms with E-state index in [2.05, 4.69) is 63.2 Å². The smallest absolute Gasteiger partial charge is 0.0352 e. The SMILES string of the molecule is [2H]C1(c2ccc(C(/C=C(\C)c3ccccc3)=C/C=N)cc2)CCC(C)(C)CC1. The highest BCUT2D eigenvalue weighted by Gasteiger charge is 2.27. The van der Waals surface area contributed by atoms with Gasteiger partial charge in [-0.3, -0.25) is 0 Å². The van der Waals surface area contributed by atoms with Crippen LogP contribution < -0.4 is 0 Å². The minimum atomic E-state index is -0.463. The lowest BCUT2D eigenvalue weighted by Gasteiger charge is -2.34.